The quantitative estimate of drug-likeness (QED) is 0.633. The third-order valence-electron chi connectivity index (χ3n) is 3.70. The van der Waals surface area contributed by atoms with Crippen molar-refractivity contribution in [1.29, 1.82) is 0 Å². The molecule has 2 heteroatoms. The molecule has 21 heavy (non-hydrogen) atoms. The van der Waals surface area contributed by atoms with Crippen LogP contribution in [0, 0.1) is 17.3 Å². The molecule has 1 nitrogen and oxygen atoms in total. The minimum absolute atomic E-state index is 0.424. The Balaban J connectivity index is 2.57. The maximum atomic E-state index is 3.64. The molecule has 1 rings (SSSR count). The number of hydrogen-bond donors (Lipinski definition) is 1. The Morgan fingerprint density at radius 3 is 2.43 bits per heavy atom. The van der Waals surface area contributed by atoms with E-state index in [2.05, 4.69) is 80.1 Å². The summed E-state index contributed by atoms with van der Waals surface area (Å²) in [6.45, 7) is 13.8. The first-order valence-electron chi connectivity index (χ1n) is 8.21. The van der Waals surface area contributed by atoms with E-state index in [1.807, 2.05) is 0 Å². The van der Waals surface area contributed by atoms with E-state index in [1.165, 1.54) is 29.3 Å². The first-order chi connectivity index (χ1) is 9.76. The van der Waals surface area contributed by atoms with Crippen LogP contribution in [-0.2, 0) is 6.42 Å². The molecule has 1 aromatic carbocycles. The van der Waals surface area contributed by atoms with Crippen LogP contribution in [0.2, 0.25) is 0 Å². The van der Waals surface area contributed by atoms with Gasteiger partial charge >= 0.3 is 0 Å². The summed E-state index contributed by atoms with van der Waals surface area (Å²) in [5.74, 6) is 1.44. The zero-order valence-electron chi connectivity index (χ0n) is 14.4. The van der Waals surface area contributed by atoms with Crippen molar-refractivity contribution in [2.45, 2.75) is 53.9 Å². The number of hydrogen-bond acceptors (Lipinski definition) is 1. The Labute approximate surface area is 140 Å². The van der Waals surface area contributed by atoms with Crippen molar-refractivity contribution in [3.63, 3.8) is 0 Å². The van der Waals surface area contributed by atoms with Crippen molar-refractivity contribution in [2.75, 3.05) is 13.1 Å². The normalized spacial score (nSPS) is 13.7. The van der Waals surface area contributed by atoms with Crippen LogP contribution < -0.4 is 5.32 Å². The molecule has 0 radical (unpaired) electrons. The molecule has 0 saturated carbocycles. The summed E-state index contributed by atoms with van der Waals surface area (Å²) in [7, 11) is 0. The molecule has 0 aliphatic heterocycles. The molecule has 0 saturated heterocycles. The summed E-state index contributed by atoms with van der Waals surface area (Å²) in [6, 6.07) is 8.75. The maximum Gasteiger partial charge on any atom is 0.0177 e. The van der Waals surface area contributed by atoms with Gasteiger partial charge in [0, 0.05) is 4.47 Å². The van der Waals surface area contributed by atoms with Crippen molar-refractivity contribution in [3.05, 3.63) is 34.3 Å². The summed E-state index contributed by atoms with van der Waals surface area (Å²) in [6.07, 6.45) is 3.75. The van der Waals surface area contributed by atoms with Gasteiger partial charge in [-0.05, 0) is 67.3 Å². The monoisotopic (exact) mass is 353 g/mol. The van der Waals surface area contributed by atoms with Gasteiger partial charge in [-0.15, -0.1) is 0 Å². The summed E-state index contributed by atoms with van der Waals surface area (Å²) < 4.78 is 1.18. The lowest BCUT2D eigenvalue weighted by molar-refractivity contribution is 0.311. The summed E-state index contributed by atoms with van der Waals surface area (Å²) >= 11 is 3.58. The van der Waals surface area contributed by atoms with E-state index >= 15 is 0 Å². The van der Waals surface area contributed by atoms with Crippen LogP contribution in [0.3, 0.4) is 0 Å². The first kappa shape index (κ1) is 18.7. The zero-order valence-corrected chi connectivity index (χ0v) is 16.0. The van der Waals surface area contributed by atoms with Crippen LogP contribution in [0.15, 0.2) is 28.7 Å². The van der Waals surface area contributed by atoms with E-state index in [-0.39, 0.29) is 0 Å². The maximum absolute atomic E-state index is 3.64. The molecule has 0 amide bonds. The predicted molar refractivity (Wildman–Crippen MR) is 97.7 cm³/mol. The predicted octanol–water partition coefficient (Wildman–Crippen LogP) is 5.68. The van der Waals surface area contributed by atoms with Crippen LogP contribution in [0.4, 0.5) is 0 Å². The van der Waals surface area contributed by atoms with Gasteiger partial charge in [-0.25, -0.2) is 0 Å². The lowest BCUT2D eigenvalue weighted by atomic mass is 9.84. The van der Waals surface area contributed by atoms with Crippen LogP contribution in [0.1, 0.15) is 53.0 Å². The van der Waals surface area contributed by atoms with Gasteiger partial charge in [0.25, 0.3) is 0 Å². The van der Waals surface area contributed by atoms with Gasteiger partial charge in [0.1, 0.15) is 0 Å². The van der Waals surface area contributed by atoms with Gasteiger partial charge in [0.15, 0.2) is 0 Å². The van der Waals surface area contributed by atoms with E-state index in [0.29, 0.717) is 5.41 Å². The molecule has 120 valence electrons. The summed E-state index contributed by atoms with van der Waals surface area (Å²) in [4.78, 5) is 0. The number of halogens is 1. The van der Waals surface area contributed by atoms with Crippen LogP contribution in [-0.4, -0.2) is 13.1 Å². The molecule has 0 aliphatic rings. The third-order valence-corrected chi connectivity index (χ3v) is 4.19. The van der Waals surface area contributed by atoms with Crippen molar-refractivity contribution in [3.8, 4) is 0 Å². The second-order valence-corrected chi connectivity index (χ2v) is 8.77. The standard InChI is InChI=1S/C19H32BrN/c1-15(2)13-21-14-17(9-10-19(3,4)5)11-16-7-6-8-18(20)12-16/h6-8,12,15,17,21H,9-11,13-14H2,1-5H3. The van der Waals surface area contributed by atoms with Crippen molar-refractivity contribution in [2.24, 2.45) is 17.3 Å². The average Bonchev–Trinajstić information content (AvgIpc) is 2.34. The number of rotatable bonds is 8. The van der Waals surface area contributed by atoms with Gasteiger partial charge in [0.2, 0.25) is 0 Å². The molecule has 1 unspecified atom stereocenters. The summed E-state index contributed by atoms with van der Waals surface area (Å²) in [5.41, 5.74) is 1.86. The molecule has 0 fully saturated rings. The lowest BCUT2D eigenvalue weighted by Gasteiger charge is -2.24. The first-order valence-corrected chi connectivity index (χ1v) is 9.01. The highest BCUT2D eigenvalue weighted by Crippen LogP contribution is 2.25. The van der Waals surface area contributed by atoms with Crippen LogP contribution >= 0.6 is 15.9 Å². The van der Waals surface area contributed by atoms with Crippen molar-refractivity contribution in [1.82, 2.24) is 5.32 Å². The fourth-order valence-corrected chi connectivity index (χ4v) is 2.93. The Hall–Kier alpha value is -0.340. The second kappa shape index (κ2) is 8.95. The zero-order chi connectivity index (χ0) is 15.9. The van der Waals surface area contributed by atoms with Gasteiger partial charge in [-0.3, -0.25) is 0 Å². The lowest BCUT2D eigenvalue weighted by Crippen LogP contribution is -2.28. The Bertz CT molecular complexity index is 406. The van der Waals surface area contributed by atoms with E-state index in [1.54, 1.807) is 0 Å². The molecule has 0 aromatic heterocycles. The van der Waals surface area contributed by atoms with Gasteiger partial charge in [-0.2, -0.15) is 0 Å². The Kier molecular flexibility index (Phi) is 7.97. The van der Waals surface area contributed by atoms with Gasteiger partial charge in [0.05, 0.1) is 0 Å². The molecule has 0 aliphatic carbocycles. The average molecular weight is 354 g/mol. The second-order valence-electron chi connectivity index (χ2n) is 7.85. The topological polar surface area (TPSA) is 12.0 Å². The minimum atomic E-state index is 0.424. The van der Waals surface area contributed by atoms with E-state index in [4.69, 9.17) is 0 Å². The molecule has 1 N–H and O–H groups in total. The smallest absolute Gasteiger partial charge is 0.0177 e. The summed E-state index contributed by atoms with van der Waals surface area (Å²) in [5, 5.41) is 3.64. The van der Waals surface area contributed by atoms with E-state index in [0.717, 1.165) is 24.9 Å². The molecule has 0 heterocycles. The molecule has 0 spiro atoms. The Morgan fingerprint density at radius 1 is 1.14 bits per heavy atom. The fourth-order valence-electron chi connectivity index (χ4n) is 2.49. The molecule has 0 bridgehead atoms. The van der Waals surface area contributed by atoms with Crippen molar-refractivity contribution >= 4 is 15.9 Å². The number of nitrogens with one attached hydrogen (secondary N) is 1. The van der Waals surface area contributed by atoms with Gasteiger partial charge in [-0.1, -0.05) is 62.7 Å². The molecular formula is C19H32BrN. The van der Waals surface area contributed by atoms with Gasteiger partial charge < -0.3 is 5.32 Å². The Morgan fingerprint density at radius 2 is 1.86 bits per heavy atom. The minimum Gasteiger partial charge on any atom is -0.316 e. The molecular weight excluding hydrogens is 322 g/mol. The van der Waals surface area contributed by atoms with Crippen molar-refractivity contribution < 1.29 is 0 Å². The highest BCUT2D eigenvalue weighted by molar-refractivity contribution is 9.10. The van der Waals surface area contributed by atoms with E-state index in [9.17, 15) is 0 Å². The largest absolute Gasteiger partial charge is 0.316 e. The molecule has 1 aromatic rings. The SMILES string of the molecule is CC(C)CNCC(CCC(C)(C)C)Cc1cccc(Br)c1. The number of benzene rings is 1. The molecule has 1 atom stereocenters. The van der Waals surface area contributed by atoms with Crippen LogP contribution in [0.5, 0.6) is 0 Å². The fraction of sp³-hybridized carbons (Fsp3) is 0.684. The highest BCUT2D eigenvalue weighted by atomic mass is 79.9. The highest BCUT2D eigenvalue weighted by Gasteiger charge is 2.16. The van der Waals surface area contributed by atoms with Crippen LogP contribution in [0.25, 0.3) is 0 Å². The third kappa shape index (κ3) is 9.31. The van der Waals surface area contributed by atoms with E-state index < -0.39 is 0 Å².